The van der Waals surface area contributed by atoms with Crippen molar-refractivity contribution >= 4 is 23.6 Å². The van der Waals surface area contributed by atoms with Gasteiger partial charge in [0.15, 0.2) is 5.15 Å². The molecule has 2 aromatic carbocycles. The van der Waals surface area contributed by atoms with Crippen LogP contribution in [0.3, 0.4) is 0 Å². The zero-order valence-corrected chi connectivity index (χ0v) is 18.9. The molecule has 0 bridgehead atoms. The van der Waals surface area contributed by atoms with Crippen molar-refractivity contribution in [3.63, 3.8) is 0 Å². The van der Waals surface area contributed by atoms with Gasteiger partial charge < -0.3 is 20.3 Å². The molecule has 1 heterocycles. The lowest BCUT2D eigenvalue weighted by atomic mass is 9.99. The van der Waals surface area contributed by atoms with Gasteiger partial charge in [0.1, 0.15) is 5.82 Å². The van der Waals surface area contributed by atoms with Crippen molar-refractivity contribution in [2.24, 2.45) is 0 Å². The molecule has 1 aromatic heterocycles. The Kier molecular flexibility index (Phi) is 7.89. The standard InChI is InChI=1S/C24H27ClN4O3/c1-3-4-9-21-28-22(25)20(14-27-24(32)26-2)29(21)15-16-10-12-17(13-11-16)18-7-5-6-8-19(18)23(30)31/h5-8,10-13H,3-4,9,14-15H2,1-2H3,(H,30,31)(H2,26,27,32). The molecule has 32 heavy (non-hydrogen) atoms. The van der Waals surface area contributed by atoms with Crippen LogP contribution in [0.2, 0.25) is 5.15 Å². The lowest BCUT2D eigenvalue weighted by molar-refractivity contribution is 0.0697. The number of nitrogens with one attached hydrogen (secondary N) is 2. The highest BCUT2D eigenvalue weighted by atomic mass is 35.5. The van der Waals surface area contributed by atoms with Gasteiger partial charge in [-0.3, -0.25) is 0 Å². The lowest BCUT2D eigenvalue weighted by Gasteiger charge is -2.14. The number of hydrogen-bond acceptors (Lipinski definition) is 3. The largest absolute Gasteiger partial charge is 0.478 e. The lowest BCUT2D eigenvalue weighted by Crippen LogP contribution is -2.33. The van der Waals surface area contributed by atoms with Crippen LogP contribution in [0.4, 0.5) is 4.79 Å². The fourth-order valence-corrected chi connectivity index (χ4v) is 3.80. The third-order valence-electron chi connectivity index (χ3n) is 5.26. The summed E-state index contributed by atoms with van der Waals surface area (Å²) in [5, 5.41) is 15.2. The maximum Gasteiger partial charge on any atom is 0.336 e. The third-order valence-corrected chi connectivity index (χ3v) is 5.57. The minimum atomic E-state index is -0.952. The Hall–Kier alpha value is -3.32. The maximum absolute atomic E-state index is 11.7. The first kappa shape index (κ1) is 23.3. The van der Waals surface area contributed by atoms with Gasteiger partial charge in [-0.1, -0.05) is 67.4 Å². The first-order valence-corrected chi connectivity index (χ1v) is 10.9. The van der Waals surface area contributed by atoms with Crippen molar-refractivity contribution in [3.8, 4) is 11.1 Å². The number of nitrogens with zero attached hydrogens (tertiary/aromatic N) is 2. The average molecular weight is 455 g/mol. The number of imidazole rings is 1. The number of halogens is 1. The summed E-state index contributed by atoms with van der Waals surface area (Å²) in [5.41, 5.74) is 3.56. The van der Waals surface area contributed by atoms with Crippen LogP contribution < -0.4 is 10.6 Å². The summed E-state index contributed by atoms with van der Waals surface area (Å²) >= 11 is 6.41. The Morgan fingerprint density at radius 2 is 1.84 bits per heavy atom. The second-order valence-electron chi connectivity index (χ2n) is 7.44. The van der Waals surface area contributed by atoms with Gasteiger partial charge >= 0.3 is 12.0 Å². The number of rotatable bonds is 9. The molecular weight excluding hydrogens is 428 g/mol. The van der Waals surface area contributed by atoms with Crippen LogP contribution in [0.15, 0.2) is 48.5 Å². The number of amides is 2. The number of urea groups is 1. The molecule has 0 radical (unpaired) electrons. The van der Waals surface area contributed by atoms with Gasteiger partial charge in [0, 0.05) is 20.0 Å². The van der Waals surface area contributed by atoms with Crippen molar-refractivity contribution in [1.82, 2.24) is 20.2 Å². The topological polar surface area (TPSA) is 96.3 Å². The Balaban J connectivity index is 1.89. The van der Waals surface area contributed by atoms with Gasteiger partial charge in [-0.25, -0.2) is 14.6 Å². The number of carboxylic acid groups (broad SMARTS) is 1. The number of hydrogen-bond donors (Lipinski definition) is 3. The van der Waals surface area contributed by atoms with Gasteiger partial charge in [-0.2, -0.15) is 0 Å². The van der Waals surface area contributed by atoms with Crippen molar-refractivity contribution in [2.75, 3.05) is 7.05 Å². The molecule has 168 valence electrons. The molecule has 0 unspecified atom stereocenters. The summed E-state index contributed by atoms with van der Waals surface area (Å²) in [6.45, 7) is 2.93. The van der Waals surface area contributed by atoms with E-state index in [-0.39, 0.29) is 18.1 Å². The highest BCUT2D eigenvalue weighted by Crippen LogP contribution is 2.26. The van der Waals surface area contributed by atoms with E-state index in [1.807, 2.05) is 34.9 Å². The summed E-state index contributed by atoms with van der Waals surface area (Å²) in [5.74, 6) is -0.0718. The number of aromatic carboxylic acids is 1. The van der Waals surface area contributed by atoms with E-state index in [0.717, 1.165) is 41.9 Å². The molecule has 0 atom stereocenters. The smallest absolute Gasteiger partial charge is 0.336 e. The predicted octanol–water partition coefficient (Wildman–Crippen LogP) is 4.72. The molecule has 3 rings (SSSR count). The minimum absolute atomic E-state index is 0.266. The fourth-order valence-electron chi connectivity index (χ4n) is 3.53. The summed E-state index contributed by atoms with van der Waals surface area (Å²) in [4.78, 5) is 27.7. The molecule has 8 heteroatoms. The van der Waals surface area contributed by atoms with Crippen LogP contribution in [-0.2, 0) is 19.5 Å². The van der Waals surface area contributed by atoms with Crippen LogP contribution >= 0.6 is 11.6 Å². The van der Waals surface area contributed by atoms with Gasteiger partial charge in [0.25, 0.3) is 0 Å². The quantitative estimate of drug-likeness (QED) is 0.435. The predicted molar refractivity (Wildman–Crippen MR) is 125 cm³/mol. The summed E-state index contributed by atoms with van der Waals surface area (Å²) in [6, 6.07) is 14.5. The van der Waals surface area contributed by atoms with Crippen molar-refractivity contribution < 1.29 is 14.7 Å². The number of benzene rings is 2. The van der Waals surface area contributed by atoms with E-state index in [4.69, 9.17) is 11.6 Å². The van der Waals surface area contributed by atoms with Crippen LogP contribution in [-0.4, -0.2) is 33.7 Å². The van der Waals surface area contributed by atoms with E-state index in [2.05, 4.69) is 22.5 Å². The highest BCUT2D eigenvalue weighted by Gasteiger charge is 2.17. The number of aryl methyl sites for hydroxylation is 1. The molecule has 3 N–H and O–H groups in total. The number of carbonyl (C=O) groups excluding carboxylic acids is 1. The maximum atomic E-state index is 11.7. The van der Waals surface area contributed by atoms with E-state index >= 15 is 0 Å². The fraction of sp³-hybridized carbons (Fsp3) is 0.292. The molecule has 0 saturated heterocycles. The molecule has 0 spiro atoms. The third kappa shape index (κ3) is 5.48. The molecule has 0 aliphatic heterocycles. The van der Waals surface area contributed by atoms with Crippen LogP contribution in [0.1, 0.15) is 47.2 Å². The highest BCUT2D eigenvalue weighted by molar-refractivity contribution is 6.30. The Morgan fingerprint density at radius 3 is 2.50 bits per heavy atom. The number of carboxylic acids is 1. The summed E-state index contributed by atoms with van der Waals surface area (Å²) in [7, 11) is 1.56. The molecule has 7 nitrogen and oxygen atoms in total. The van der Waals surface area contributed by atoms with Crippen molar-refractivity contribution in [3.05, 3.63) is 76.3 Å². The van der Waals surface area contributed by atoms with Gasteiger partial charge in [0.05, 0.1) is 17.8 Å². The SMILES string of the molecule is CCCCc1nc(Cl)c(CNC(=O)NC)n1Cc1ccc(-c2ccccc2C(=O)O)cc1. The summed E-state index contributed by atoms with van der Waals surface area (Å²) in [6.07, 6.45) is 2.81. The monoisotopic (exact) mass is 454 g/mol. The molecule has 0 aliphatic rings. The Morgan fingerprint density at radius 1 is 1.12 bits per heavy atom. The van der Waals surface area contributed by atoms with E-state index < -0.39 is 5.97 Å². The normalized spacial score (nSPS) is 10.7. The van der Waals surface area contributed by atoms with Crippen LogP contribution in [0, 0.1) is 0 Å². The average Bonchev–Trinajstić information content (AvgIpc) is 3.10. The number of unbranched alkanes of at least 4 members (excludes halogenated alkanes) is 1. The van der Waals surface area contributed by atoms with Crippen molar-refractivity contribution in [2.45, 2.75) is 39.3 Å². The second-order valence-corrected chi connectivity index (χ2v) is 7.79. The first-order chi connectivity index (χ1) is 15.4. The molecule has 0 fully saturated rings. The molecular formula is C24H27ClN4O3. The first-order valence-electron chi connectivity index (χ1n) is 10.6. The molecule has 0 aliphatic carbocycles. The van der Waals surface area contributed by atoms with Gasteiger partial charge in [-0.15, -0.1) is 0 Å². The van der Waals surface area contributed by atoms with E-state index in [0.29, 0.717) is 17.3 Å². The zero-order chi connectivity index (χ0) is 23.1. The number of carbonyl (C=O) groups is 2. The molecule has 2 amide bonds. The summed E-state index contributed by atoms with van der Waals surface area (Å²) < 4.78 is 2.05. The van der Waals surface area contributed by atoms with Crippen molar-refractivity contribution in [1.29, 1.82) is 0 Å². The van der Waals surface area contributed by atoms with Crippen LogP contribution in [0.5, 0.6) is 0 Å². The second kappa shape index (κ2) is 10.8. The van der Waals surface area contributed by atoms with Gasteiger partial charge in [0.2, 0.25) is 0 Å². The van der Waals surface area contributed by atoms with E-state index in [1.54, 1.807) is 25.2 Å². The van der Waals surface area contributed by atoms with Gasteiger partial charge in [-0.05, 0) is 29.2 Å². The van der Waals surface area contributed by atoms with E-state index in [9.17, 15) is 14.7 Å². The Bertz CT molecular complexity index is 1090. The molecule has 0 saturated carbocycles. The molecule has 3 aromatic rings. The van der Waals surface area contributed by atoms with E-state index in [1.165, 1.54) is 0 Å². The van der Waals surface area contributed by atoms with Crippen LogP contribution in [0.25, 0.3) is 11.1 Å². The zero-order valence-electron chi connectivity index (χ0n) is 18.2. The Labute approximate surface area is 192 Å². The number of aromatic nitrogens is 2. The minimum Gasteiger partial charge on any atom is -0.478 e.